The van der Waals surface area contributed by atoms with E-state index >= 15 is 0 Å². The lowest BCUT2D eigenvalue weighted by Crippen LogP contribution is -2.51. The average Bonchev–Trinajstić information content (AvgIpc) is 2.80. The van der Waals surface area contributed by atoms with Gasteiger partial charge in [0.05, 0.1) is 6.61 Å². The van der Waals surface area contributed by atoms with Crippen LogP contribution in [-0.4, -0.2) is 36.7 Å². The van der Waals surface area contributed by atoms with Gasteiger partial charge in [0.1, 0.15) is 24.5 Å². The van der Waals surface area contributed by atoms with Crippen molar-refractivity contribution in [3.05, 3.63) is 59.2 Å². The first-order chi connectivity index (χ1) is 15.9. The van der Waals surface area contributed by atoms with Crippen molar-refractivity contribution in [2.24, 2.45) is 0 Å². The molecule has 0 aliphatic carbocycles. The van der Waals surface area contributed by atoms with Crippen LogP contribution >= 0.6 is 12.2 Å². The van der Waals surface area contributed by atoms with Crippen LogP contribution < -0.4 is 24.8 Å². The molecule has 0 unspecified atom stereocenters. The lowest BCUT2D eigenvalue weighted by molar-refractivity contribution is -0.123. The SMILES string of the molecule is CCOc1cc(C=C2C(=O)NC(=S)NC2=O)ccc1OCCOc1ccc([C@@H](C)CC)cc1. The molecule has 1 heterocycles. The second-order valence-corrected chi connectivity index (χ2v) is 7.92. The molecule has 2 N–H and O–H groups in total. The predicted octanol–water partition coefficient (Wildman–Crippen LogP) is 3.97. The zero-order chi connectivity index (χ0) is 23.8. The second-order valence-electron chi connectivity index (χ2n) is 7.51. The zero-order valence-corrected chi connectivity index (χ0v) is 19.8. The number of amides is 2. The first-order valence-corrected chi connectivity index (χ1v) is 11.3. The van der Waals surface area contributed by atoms with Gasteiger partial charge in [0.15, 0.2) is 16.6 Å². The van der Waals surface area contributed by atoms with Crippen molar-refractivity contribution in [2.75, 3.05) is 19.8 Å². The van der Waals surface area contributed by atoms with Crippen LogP contribution in [0.1, 0.15) is 44.2 Å². The summed E-state index contributed by atoms with van der Waals surface area (Å²) in [5.41, 5.74) is 1.88. The third-order valence-electron chi connectivity index (χ3n) is 5.19. The van der Waals surface area contributed by atoms with Gasteiger partial charge < -0.3 is 14.2 Å². The van der Waals surface area contributed by atoms with Crippen LogP contribution in [0.2, 0.25) is 0 Å². The highest BCUT2D eigenvalue weighted by atomic mass is 32.1. The Morgan fingerprint density at radius 2 is 1.58 bits per heavy atom. The van der Waals surface area contributed by atoms with Gasteiger partial charge in [-0.1, -0.05) is 32.0 Å². The highest BCUT2D eigenvalue weighted by Gasteiger charge is 2.25. The van der Waals surface area contributed by atoms with Crippen LogP contribution in [0.15, 0.2) is 48.0 Å². The summed E-state index contributed by atoms with van der Waals surface area (Å²) in [6.45, 7) is 7.38. The summed E-state index contributed by atoms with van der Waals surface area (Å²) in [5.74, 6) is 1.29. The number of benzene rings is 2. The van der Waals surface area contributed by atoms with Gasteiger partial charge in [-0.15, -0.1) is 0 Å². The molecular weight excluding hydrogens is 440 g/mol. The van der Waals surface area contributed by atoms with Gasteiger partial charge in [0.2, 0.25) is 0 Å². The first-order valence-electron chi connectivity index (χ1n) is 10.9. The molecule has 1 aliphatic rings. The van der Waals surface area contributed by atoms with Crippen molar-refractivity contribution in [1.29, 1.82) is 0 Å². The molecule has 2 aromatic carbocycles. The van der Waals surface area contributed by atoms with Crippen molar-refractivity contribution >= 4 is 35.2 Å². The normalized spacial score (nSPS) is 14.3. The van der Waals surface area contributed by atoms with E-state index in [9.17, 15) is 9.59 Å². The van der Waals surface area contributed by atoms with Gasteiger partial charge in [-0.05, 0) is 72.9 Å². The van der Waals surface area contributed by atoms with Gasteiger partial charge in [-0.3, -0.25) is 20.2 Å². The number of rotatable bonds is 10. The topological polar surface area (TPSA) is 85.9 Å². The van der Waals surface area contributed by atoms with E-state index < -0.39 is 11.8 Å². The molecule has 3 rings (SSSR count). The van der Waals surface area contributed by atoms with Crippen molar-refractivity contribution in [3.63, 3.8) is 0 Å². The van der Waals surface area contributed by atoms with Gasteiger partial charge in [0, 0.05) is 0 Å². The van der Waals surface area contributed by atoms with Crippen LogP contribution in [0.3, 0.4) is 0 Å². The van der Waals surface area contributed by atoms with Crippen LogP contribution in [0.25, 0.3) is 6.08 Å². The van der Waals surface area contributed by atoms with Crippen molar-refractivity contribution in [3.8, 4) is 17.2 Å². The largest absolute Gasteiger partial charge is 0.490 e. The van der Waals surface area contributed by atoms with E-state index in [0.717, 1.165) is 12.2 Å². The Hall–Kier alpha value is -3.39. The maximum atomic E-state index is 12.1. The fourth-order valence-corrected chi connectivity index (χ4v) is 3.40. The minimum atomic E-state index is -0.545. The molecule has 7 nitrogen and oxygen atoms in total. The number of carbonyl (C=O) groups excluding carboxylic acids is 2. The van der Waals surface area contributed by atoms with Crippen molar-refractivity contribution in [2.45, 2.75) is 33.1 Å². The summed E-state index contributed by atoms with van der Waals surface area (Å²) < 4.78 is 17.3. The van der Waals surface area contributed by atoms with Crippen LogP contribution in [0.4, 0.5) is 0 Å². The fraction of sp³-hybridized carbons (Fsp3) is 0.320. The summed E-state index contributed by atoms with van der Waals surface area (Å²) in [5, 5.41) is 4.82. The van der Waals surface area contributed by atoms with Gasteiger partial charge in [-0.25, -0.2) is 0 Å². The van der Waals surface area contributed by atoms with E-state index in [2.05, 4.69) is 36.6 Å². The Morgan fingerprint density at radius 1 is 0.909 bits per heavy atom. The molecule has 2 amide bonds. The molecule has 174 valence electrons. The molecule has 1 aliphatic heterocycles. The molecule has 0 bridgehead atoms. The second kappa shape index (κ2) is 11.5. The summed E-state index contributed by atoms with van der Waals surface area (Å²) in [4.78, 5) is 24.1. The molecule has 1 atom stereocenters. The lowest BCUT2D eigenvalue weighted by Gasteiger charge is -2.17. The molecule has 0 radical (unpaired) electrons. The summed E-state index contributed by atoms with van der Waals surface area (Å²) in [7, 11) is 0. The Morgan fingerprint density at radius 3 is 2.21 bits per heavy atom. The number of hydrogen-bond acceptors (Lipinski definition) is 6. The zero-order valence-electron chi connectivity index (χ0n) is 19.0. The van der Waals surface area contributed by atoms with E-state index in [-0.39, 0.29) is 10.7 Å². The lowest BCUT2D eigenvalue weighted by atomic mass is 9.99. The average molecular weight is 469 g/mol. The molecular formula is C25H28N2O5S. The summed E-state index contributed by atoms with van der Waals surface area (Å²) in [6, 6.07) is 13.3. The van der Waals surface area contributed by atoms with E-state index in [4.69, 9.17) is 26.4 Å². The van der Waals surface area contributed by atoms with E-state index in [1.165, 1.54) is 11.6 Å². The summed E-state index contributed by atoms with van der Waals surface area (Å²) >= 11 is 4.81. The Bertz CT molecular complexity index is 1030. The number of thiocarbonyl (C=S) groups is 1. The fourth-order valence-electron chi connectivity index (χ4n) is 3.21. The minimum absolute atomic E-state index is 0.00502. The Balaban J connectivity index is 1.61. The highest BCUT2D eigenvalue weighted by Crippen LogP contribution is 2.30. The third-order valence-corrected chi connectivity index (χ3v) is 5.40. The number of carbonyl (C=O) groups is 2. The molecule has 0 saturated carbocycles. The molecule has 2 aromatic rings. The van der Waals surface area contributed by atoms with Crippen molar-refractivity contribution < 1.29 is 23.8 Å². The summed E-state index contributed by atoms with van der Waals surface area (Å²) in [6.07, 6.45) is 2.57. The van der Waals surface area contributed by atoms with Crippen LogP contribution in [-0.2, 0) is 9.59 Å². The number of ether oxygens (including phenoxy) is 3. The standard InChI is InChI=1S/C25H28N2O5S/c1-4-16(3)18-7-9-19(10-8-18)31-12-13-32-21-11-6-17(15-22(21)30-5-2)14-20-23(28)26-25(33)27-24(20)29/h6-11,14-16H,4-5,12-13H2,1-3H3,(H2,26,27,28,29,33)/t16-/m0/s1. The molecule has 1 fully saturated rings. The van der Waals surface area contributed by atoms with Gasteiger partial charge >= 0.3 is 0 Å². The van der Waals surface area contributed by atoms with Gasteiger partial charge in [-0.2, -0.15) is 0 Å². The first kappa shape index (κ1) is 24.3. The van der Waals surface area contributed by atoms with Crippen LogP contribution in [0, 0.1) is 0 Å². The van der Waals surface area contributed by atoms with Crippen LogP contribution in [0.5, 0.6) is 17.2 Å². The maximum Gasteiger partial charge on any atom is 0.263 e. The van der Waals surface area contributed by atoms with E-state index in [1.807, 2.05) is 19.1 Å². The minimum Gasteiger partial charge on any atom is -0.490 e. The molecule has 0 aromatic heterocycles. The Labute approximate surface area is 199 Å². The maximum absolute atomic E-state index is 12.1. The number of nitrogens with one attached hydrogen (secondary N) is 2. The number of hydrogen-bond donors (Lipinski definition) is 2. The van der Waals surface area contributed by atoms with Gasteiger partial charge in [0.25, 0.3) is 11.8 Å². The van der Waals surface area contributed by atoms with E-state index in [1.54, 1.807) is 18.2 Å². The quantitative estimate of drug-likeness (QED) is 0.238. The molecule has 0 spiro atoms. The third kappa shape index (κ3) is 6.55. The van der Waals surface area contributed by atoms with Crippen molar-refractivity contribution in [1.82, 2.24) is 10.6 Å². The predicted molar refractivity (Wildman–Crippen MR) is 131 cm³/mol. The smallest absolute Gasteiger partial charge is 0.263 e. The molecule has 8 heteroatoms. The monoisotopic (exact) mass is 468 g/mol. The highest BCUT2D eigenvalue weighted by molar-refractivity contribution is 7.80. The molecule has 1 saturated heterocycles. The Kier molecular flexibility index (Phi) is 8.43. The molecule has 33 heavy (non-hydrogen) atoms. The van der Waals surface area contributed by atoms with E-state index in [0.29, 0.717) is 42.8 Å².